The molecule has 2 aliphatic rings. The smallest absolute Gasteiger partial charge is 0.322 e. The predicted molar refractivity (Wildman–Crippen MR) is 129 cm³/mol. The highest BCUT2D eigenvalue weighted by Crippen LogP contribution is 2.32. The van der Waals surface area contributed by atoms with E-state index in [9.17, 15) is 14.4 Å². The highest BCUT2D eigenvalue weighted by Gasteiger charge is 2.37. The highest BCUT2D eigenvalue weighted by atomic mass is 16.5. The van der Waals surface area contributed by atoms with Crippen LogP contribution in [0.5, 0.6) is 5.75 Å². The molecule has 188 valence electrons. The molecule has 1 aliphatic heterocycles. The first-order valence-corrected chi connectivity index (χ1v) is 11.7. The molecular weight excluding hydrogens is 452 g/mol. The van der Waals surface area contributed by atoms with Crippen molar-refractivity contribution >= 4 is 29.2 Å². The molecule has 2 N–H and O–H groups in total. The standard InChI is InChI=1S/C24H32N6O5/c1-28(2)22(31)15-35-14-19-10-18(30-12-17(11-25-30)26-23(32)16-8-9-16)13-29(19)24(33)27-20-6-4-5-7-21(20)34-3/h4-7,11-12,16,18-19H,8-10,13-15H2,1-3H3,(H,26,32)(H,27,33)/t18-,19-/m0/s1. The van der Waals surface area contributed by atoms with Crippen LogP contribution < -0.4 is 15.4 Å². The first-order valence-electron chi connectivity index (χ1n) is 11.7. The zero-order chi connectivity index (χ0) is 24.9. The van der Waals surface area contributed by atoms with Crippen molar-refractivity contribution in [2.75, 3.05) is 51.6 Å². The molecule has 1 aromatic heterocycles. The Morgan fingerprint density at radius 2 is 1.94 bits per heavy atom. The Kier molecular flexibility index (Phi) is 7.54. The van der Waals surface area contributed by atoms with E-state index in [1.165, 1.54) is 4.90 Å². The highest BCUT2D eigenvalue weighted by molar-refractivity contribution is 5.94. The number of amides is 4. The summed E-state index contributed by atoms with van der Waals surface area (Å²) in [6.07, 6.45) is 5.86. The Hall–Kier alpha value is -3.60. The van der Waals surface area contributed by atoms with Crippen molar-refractivity contribution in [2.45, 2.75) is 31.3 Å². The molecule has 35 heavy (non-hydrogen) atoms. The summed E-state index contributed by atoms with van der Waals surface area (Å²) in [5.41, 5.74) is 1.21. The summed E-state index contributed by atoms with van der Waals surface area (Å²) in [4.78, 5) is 40.4. The number of anilines is 2. The molecule has 0 spiro atoms. The molecule has 11 heteroatoms. The van der Waals surface area contributed by atoms with E-state index >= 15 is 0 Å². The van der Waals surface area contributed by atoms with E-state index < -0.39 is 0 Å². The fraction of sp³-hybridized carbons (Fsp3) is 0.500. The lowest BCUT2D eigenvalue weighted by molar-refractivity contribution is -0.133. The summed E-state index contributed by atoms with van der Waals surface area (Å²) in [5, 5.41) is 10.2. The molecule has 1 saturated carbocycles. The Labute approximate surface area is 204 Å². The number of nitrogens with zero attached hydrogens (tertiary/aromatic N) is 4. The third kappa shape index (κ3) is 6.10. The van der Waals surface area contributed by atoms with Crippen LogP contribution in [0.15, 0.2) is 36.7 Å². The van der Waals surface area contributed by atoms with Gasteiger partial charge in [-0.1, -0.05) is 12.1 Å². The number of aromatic nitrogens is 2. The number of nitrogens with one attached hydrogen (secondary N) is 2. The number of carbonyl (C=O) groups excluding carboxylic acids is 3. The summed E-state index contributed by atoms with van der Waals surface area (Å²) >= 11 is 0. The number of hydrogen-bond acceptors (Lipinski definition) is 6. The number of carbonyl (C=O) groups is 3. The zero-order valence-corrected chi connectivity index (χ0v) is 20.3. The van der Waals surface area contributed by atoms with Gasteiger partial charge in [0.05, 0.1) is 43.4 Å². The van der Waals surface area contributed by atoms with E-state index in [1.807, 2.05) is 12.1 Å². The monoisotopic (exact) mass is 484 g/mol. The normalized spacial score (nSPS) is 19.3. The lowest BCUT2D eigenvalue weighted by atomic mass is 10.2. The van der Waals surface area contributed by atoms with Crippen LogP contribution in [0.1, 0.15) is 25.3 Å². The molecule has 4 amide bonds. The van der Waals surface area contributed by atoms with Gasteiger partial charge in [-0.25, -0.2) is 4.79 Å². The lowest BCUT2D eigenvalue weighted by Crippen LogP contribution is -2.41. The van der Waals surface area contributed by atoms with Crippen molar-refractivity contribution < 1.29 is 23.9 Å². The molecule has 4 rings (SSSR count). The van der Waals surface area contributed by atoms with E-state index in [0.29, 0.717) is 30.1 Å². The van der Waals surface area contributed by atoms with E-state index in [0.717, 1.165) is 12.8 Å². The van der Waals surface area contributed by atoms with Gasteiger partial charge in [-0.05, 0) is 31.4 Å². The molecular formula is C24H32N6O5. The summed E-state index contributed by atoms with van der Waals surface area (Å²) in [6, 6.07) is 6.53. The van der Waals surface area contributed by atoms with E-state index in [2.05, 4.69) is 15.7 Å². The maximum atomic E-state index is 13.2. The molecule has 2 fully saturated rings. The van der Waals surface area contributed by atoms with Gasteiger partial charge in [0.15, 0.2) is 0 Å². The Bertz CT molecular complexity index is 1070. The van der Waals surface area contributed by atoms with Crippen molar-refractivity contribution in [3.63, 3.8) is 0 Å². The van der Waals surface area contributed by atoms with Crippen molar-refractivity contribution in [1.82, 2.24) is 19.6 Å². The molecule has 1 aromatic carbocycles. The Morgan fingerprint density at radius 3 is 2.66 bits per heavy atom. The van der Waals surface area contributed by atoms with Crippen LogP contribution >= 0.6 is 0 Å². The van der Waals surface area contributed by atoms with Crippen molar-refractivity contribution in [3.8, 4) is 5.75 Å². The van der Waals surface area contributed by atoms with Gasteiger partial charge in [0.2, 0.25) is 11.8 Å². The number of rotatable bonds is 9. The summed E-state index contributed by atoms with van der Waals surface area (Å²) in [5.74, 6) is 0.535. The lowest BCUT2D eigenvalue weighted by Gasteiger charge is -2.25. The first kappa shape index (κ1) is 24.5. The fourth-order valence-electron chi connectivity index (χ4n) is 4.03. The van der Waals surface area contributed by atoms with Crippen LogP contribution in [-0.2, 0) is 14.3 Å². The van der Waals surface area contributed by atoms with Crippen molar-refractivity contribution in [3.05, 3.63) is 36.7 Å². The van der Waals surface area contributed by atoms with Gasteiger partial charge >= 0.3 is 6.03 Å². The van der Waals surface area contributed by atoms with Crippen LogP contribution in [-0.4, -0.2) is 84.4 Å². The van der Waals surface area contributed by atoms with Gasteiger partial charge in [-0.15, -0.1) is 0 Å². The van der Waals surface area contributed by atoms with Crippen LogP contribution in [0.25, 0.3) is 0 Å². The maximum Gasteiger partial charge on any atom is 0.322 e. The second-order valence-corrected chi connectivity index (χ2v) is 9.10. The van der Waals surface area contributed by atoms with E-state index in [-0.39, 0.29) is 49.1 Å². The SMILES string of the molecule is COc1ccccc1NC(=O)N1C[C@@H](n2cc(NC(=O)C3CC3)cn2)C[C@H]1COCC(=O)N(C)C. The molecule has 2 aromatic rings. The molecule has 0 bridgehead atoms. The molecule has 2 atom stereocenters. The number of benzene rings is 1. The van der Waals surface area contributed by atoms with E-state index in [1.54, 1.807) is 55.3 Å². The molecule has 2 heterocycles. The minimum atomic E-state index is -0.293. The third-order valence-corrected chi connectivity index (χ3v) is 6.23. The number of likely N-dealkylation sites (N-methyl/N-ethyl adjacent to an activating group) is 1. The average molecular weight is 485 g/mol. The minimum absolute atomic E-state index is 0.0191. The largest absolute Gasteiger partial charge is 0.495 e. The molecule has 1 aliphatic carbocycles. The number of para-hydroxylation sites is 2. The van der Waals surface area contributed by atoms with E-state index in [4.69, 9.17) is 9.47 Å². The predicted octanol–water partition coefficient (Wildman–Crippen LogP) is 2.19. The number of hydrogen-bond donors (Lipinski definition) is 2. The molecule has 1 saturated heterocycles. The molecule has 0 unspecified atom stereocenters. The van der Waals surface area contributed by atoms with Gasteiger partial charge in [-0.2, -0.15) is 5.10 Å². The van der Waals surface area contributed by atoms with Crippen LogP contribution in [0.3, 0.4) is 0 Å². The maximum absolute atomic E-state index is 13.2. The second-order valence-electron chi connectivity index (χ2n) is 9.10. The minimum Gasteiger partial charge on any atom is -0.495 e. The molecule has 0 radical (unpaired) electrons. The second kappa shape index (κ2) is 10.8. The average Bonchev–Trinajstić information content (AvgIpc) is 3.46. The number of urea groups is 1. The van der Waals surface area contributed by atoms with Crippen LogP contribution in [0.4, 0.5) is 16.2 Å². The van der Waals surface area contributed by atoms with Crippen LogP contribution in [0, 0.1) is 5.92 Å². The van der Waals surface area contributed by atoms with Gasteiger partial charge in [0.25, 0.3) is 0 Å². The summed E-state index contributed by atoms with van der Waals surface area (Å²) in [7, 11) is 4.88. The zero-order valence-electron chi connectivity index (χ0n) is 20.3. The summed E-state index contributed by atoms with van der Waals surface area (Å²) < 4.78 is 12.8. The van der Waals surface area contributed by atoms with Crippen LogP contribution in [0.2, 0.25) is 0 Å². The van der Waals surface area contributed by atoms with Gasteiger partial charge in [-0.3, -0.25) is 14.3 Å². The Morgan fingerprint density at radius 1 is 1.17 bits per heavy atom. The van der Waals surface area contributed by atoms with Gasteiger partial charge < -0.3 is 29.9 Å². The summed E-state index contributed by atoms with van der Waals surface area (Å²) in [6.45, 7) is 0.547. The number of ether oxygens (including phenoxy) is 2. The number of likely N-dealkylation sites (tertiary alicyclic amines) is 1. The first-order chi connectivity index (χ1) is 16.9. The van der Waals surface area contributed by atoms with Crippen molar-refractivity contribution in [2.24, 2.45) is 5.92 Å². The third-order valence-electron chi connectivity index (χ3n) is 6.23. The van der Waals surface area contributed by atoms with Crippen molar-refractivity contribution in [1.29, 1.82) is 0 Å². The fourth-order valence-corrected chi connectivity index (χ4v) is 4.03. The molecule has 11 nitrogen and oxygen atoms in total. The van der Waals surface area contributed by atoms with Gasteiger partial charge in [0, 0.05) is 32.8 Å². The number of methoxy groups -OCH3 is 1. The Balaban J connectivity index is 1.45. The topological polar surface area (TPSA) is 118 Å². The van der Waals surface area contributed by atoms with Gasteiger partial charge in [0.1, 0.15) is 12.4 Å². The quantitative estimate of drug-likeness (QED) is 0.563.